The van der Waals surface area contributed by atoms with Crippen LogP contribution in [0.1, 0.15) is 0 Å². The van der Waals surface area contributed by atoms with Crippen LogP contribution in [0.15, 0.2) is 12.3 Å². The van der Waals surface area contributed by atoms with Crippen LogP contribution in [0, 0.1) is 10.1 Å². The normalized spacial score (nSPS) is 9.55. The molecule has 0 saturated heterocycles. The van der Waals surface area contributed by atoms with Gasteiger partial charge in [-0.05, 0) is 0 Å². The third-order valence-electron chi connectivity index (χ3n) is 1.03. The van der Waals surface area contributed by atoms with Crippen molar-refractivity contribution >= 4 is 17.3 Å². The Hall–Kier alpha value is -1.36. The van der Waals surface area contributed by atoms with Crippen molar-refractivity contribution in [1.82, 2.24) is 4.98 Å². The number of aromatic hydroxyl groups is 1. The zero-order valence-electron chi connectivity index (χ0n) is 5.19. The first-order valence-corrected chi connectivity index (χ1v) is 2.98. The first kappa shape index (κ1) is 7.74. The topological polar surface area (TPSA) is 76.3 Å². The van der Waals surface area contributed by atoms with E-state index in [0.29, 0.717) is 0 Å². The molecule has 1 heterocycles. The highest BCUT2D eigenvalue weighted by Crippen LogP contribution is 2.25. The van der Waals surface area contributed by atoms with Gasteiger partial charge in [-0.1, -0.05) is 11.6 Å². The van der Waals surface area contributed by atoms with Crippen molar-refractivity contribution in [3.8, 4) is 5.75 Å². The van der Waals surface area contributed by atoms with Gasteiger partial charge in [-0.15, -0.1) is 0 Å². The number of nitro groups is 1. The Morgan fingerprint density at radius 1 is 1.73 bits per heavy atom. The summed E-state index contributed by atoms with van der Waals surface area (Å²) in [4.78, 5) is 12.8. The standard InChI is InChI=1S/C5H3ClN2O3/c6-5-1-3(8(10)11)4(9)2-7-5/h1-2,9H. The van der Waals surface area contributed by atoms with Gasteiger partial charge >= 0.3 is 5.69 Å². The molecular formula is C5H3ClN2O3. The summed E-state index contributed by atoms with van der Waals surface area (Å²) in [6.45, 7) is 0. The second-order valence-electron chi connectivity index (χ2n) is 1.75. The van der Waals surface area contributed by atoms with Gasteiger partial charge in [0.2, 0.25) is 5.75 Å². The minimum atomic E-state index is -0.733. The summed E-state index contributed by atoms with van der Waals surface area (Å²) in [5.74, 6) is -0.487. The Morgan fingerprint density at radius 3 is 2.82 bits per heavy atom. The third-order valence-corrected chi connectivity index (χ3v) is 1.23. The summed E-state index contributed by atoms with van der Waals surface area (Å²) >= 11 is 5.33. The van der Waals surface area contributed by atoms with Crippen molar-refractivity contribution < 1.29 is 10.0 Å². The first-order valence-electron chi connectivity index (χ1n) is 2.60. The molecule has 0 aromatic carbocycles. The van der Waals surface area contributed by atoms with Gasteiger partial charge in [0.05, 0.1) is 17.2 Å². The summed E-state index contributed by atoms with van der Waals surface area (Å²) in [7, 11) is 0. The summed E-state index contributed by atoms with van der Waals surface area (Å²) in [6.07, 6.45) is 0.931. The first-order chi connectivity index (χ1) is 5.11. The quantitative estimate of drug-likeness (QED) is 0.396. The number of aromatic nitrogens is 1. The molecule has 1 rings (SSSR count). The molecule has 0 aliphatic carbocycles. The predicted octanol–water partition coefficient (Wildman–Crippen LogP) is 1.35. The molecule has 0 saturated carbocycles. The Morgan fingerprint density at radius 2 is 2.36 bits per heavy atom. The molecular weight excluding hydrogens is 172 g/mol. The molecule has 11 heavy (non-hydrogen) atoms. The molecule has 0 bridgehead atoms. The average Bonchev–Trinajstić information content (AvgIpc) is 1.94. The largest absolute Gasteiger partial charge is 0.501 e. The third kappa shape index (κ3) is 1.56. The summed E-state index contributed by atoms with van der Waals surface area (Å²) in [5, 5.41) is 19.0. The molecule has 0 amide bonds. The molecule has 58 valence electrons. The van der Waals surface area contributed by atoms with Crippen molar-refractivity contribution in [2.75, 3.05) is 0 Å². The van der Waals surface area contributed by atoms with Crippen molar-refractivity contribution in [3.05, 3.63) is 27.5 Å². The molecule has 1 aromatic heterocycles. The summed E-state index contributed by atoms with van der Waals surface area (Å²) in [5.41, 5.74) is -0.440. The van der Waals surface area contributed by atoms with Crippen molar-refractivity contribution in [1.29, 1.82) is 0 Å². The zero-order valence-corrected chi connectivity index (χ0v) is 5.95. The average molecular weight is 175 g/mol. The van der Waals surface area contributed by atoms with Crippen LogP contribution in [0.5, 0.6) is 5.75 Å². The van der Waals surface area contributed by atoms with Gasteiger partial charge in [0.15, 0.2) is 0 Å². The van der Waals surface area contributed by atoms with Crippen molar-refractivity contribution in [2.45, 2.75) is 0 Å². The monoisotopic (exact) mass is 174 g/mol. The second kappa shape index (κ2) is 2.71. The molecule has 0 fully saturated rings. The minimum absolute atomic E-state index is 0.0190. The van der Waals surface area contributed by atoms with E-state index in [-0.39, 0.29) is 5.15 Å². The van der Waals surface area contributed by atoms with E-state index < -0.39 is 16.4 Å². The van der Waals surface area contributed by atoms with Crippen LogP contribution in [0.2, 0.25) is 5.15 Å². The maximum Gasteiger partial charge on any atom is 0.315 e. The summed E-state index contributed by atoms with van der Waals surface area (Å²) in [6, 6.07) is 0.983. The van der Waals surface area contributed by atoms with E-state index in [1.54, 1.807) is 0 Å². The highest BCUT2D eigenvalue weighted by molar-refractivity contribution is 6.29. The summed E-state index contributed by atoms with van der Waals surface area (Å²) < 4.78 is 0. The Bertz CT molecular complexity index is 302. The zero-order chi connectivity index (χ0) is 8.43. The van der Waals surface area contributed by atoms with E-state index in [9.17, 15) is 10.1 Å². The van der Waals surface area contributed by atoms with Crippen LogP contribution in [-0.4, -0.2) is 15.0 Å². The van der Waals surface area contributed by atoms with Crippen LogP contribution in [0.25, 0.3) is 0 Å². The molecule has 0 unspecified atom stereocenters. The van der Waals surface area contributed by atoms with Crippen molar-refractivity contribution in [2.24, 2.45) is 0 Å². The minimum Gasteiger partial charge on any atom is -0.501 e. The van der Waals surface area contributed by atoms with Gasteiger partial charge in [-0.3, -0.25) is 10.1 Å². The lowest BCUT2D eigenvalue weighted by molar-refractivity contribution is -0.385. The van der Waals surface area contributed by atoms with Crippen LogP contribution in [-0.2, 0) is 0 Å². The fourth-order valence-electron chi connectivity index (χ4n) is 0.559. The fraction of sp³-hybridized carbons (Fsp3) is 0. The Balaban J connectivity index is 3.23. The van der Waals surface area contributed by atoms with E-state index in [2.05, 4.69) is 4.98 Å². The van der Waals surface area contributed by atoms with Gasteiger partial charge in [-0.25, -0.2) is 4.98 Å². The maximum atomic E-state index is 10.1. The van der Waals surface area contributed by atoms with Crippen LogP contribution < -0.4 is 0 Å². The van der Waals surface area contributed by atoms with Gasteiger partial charge < -0.3 is 5.11 Å². The highest BCUT2D eigenvalue weighted by atomic mass is 35.5. The highest BCUT2D eigenvalue weighted by Gasteiger charge is 2.13. The second-order valence-corrected chi connectivity index (χ2v) is 2.14. The molecule has 5 nitrogen and oxygen atoms in total. The molecule has 0 spiro atoms. The van der Waals surface area contributed by atoms with Gasteiger partial charge in [-0.2, -0.15) is 0 Å². The lowest BCUT2D eigenvalue weighted by Gasteiger charge is -1.93. The molecule has 0 aliphatic rings. The van der Waals surface area contributed by atoms with Gasteiger partial charge in [0, 0.05) is 0 Å². The number of rotatable bonds is 1. The number of nitrogens with zero attached hydrogens (tertiary/aromatic N) is 2. The molecule has 1 aromatic rings. The number of pyridine rings is 1. The van der Waals surface area contributed by atoms with Crippen LogP contribution in [0.4, 0.5) is 5.69 Å². The fourth-order valence-corrected chi connectivity index (χ4v) is 0.711. The Labute approximate surface area is 66.4 Å². The van der Waals surface area contributed by atoms with Crippen molar-refractivity contribution in [3.63, 3.8) is 0 Å². The van der Waals surface area contributed by atoms with E-state index >= 15 is 0 Å². The molecule has 0 radical (unpaired) electrons. The number of hydrogen-bond acceptors (Lipinski definition) is 4. The van der Waals surface area contributed by atoms with Crippen LogP contribution >= 0.6 is 11.6 Å². The SMILES string of the molecule is O=[N+]([O-])c1cc(Cl)ncc1O. The Kier molecular flexibility index (Phi) is 1.91. The lowest BCUT2D eigenvalue weighted by Crippen LogP contribution is -1.89. The molecule has 0 atom stereocenters. The van der Waals surface area contributed by atoms with Gasteiger partial charge in [0.25, 0.3) is 0 Å². The van der Waals surface area contributed by atoms with E-state index in [0.717, 1.165) is 12.3 Å². The van der Waals surface area contributed by atoms with Crippen LogP contribution in [0.3, 0.4) is 0 Å². The van der Waals surface area contributed by atoms with E-state index in [1.807, 2.05) is 0 Å². The van der Waals surface area contributed by atoms with E-state index in [1.165, 1.54) is 0 Å². The lowest BCUT2D eigenvalue weighted by atomic mass is 10.4. The van der Waals surface area contributed by atoms with Gasteiger partial charge in [0.1, 0.15) is 5.15 Å². The maximum absolute atomic E-state index is 10.1. The van der Waals surface area contributed by atoms with E-state index in [4.69, 9.17) is 16.7 Å². The molecule has 6 heteroatoms. The molecule has 1 N–H and O–H groups in total. The number of hydrogen-bond donors (Lipinski definition) is 1. The predicted molar refractivity (Wildman–Crippen MR) is 37.6 cm³/mol. The smallest absolute Gasteiger partial charge is 0.315 e. The molecule has 0 aliphatic heterocycles. The number of halogens is 1.